The number of aliphatic hydroxyl groups is 1. The fourth-order valence-electron chi connectivity index (χ4n) is 5.92. The van der Waals surface area contributed by atoms with Gasteiger partial charge in [-0.2, -0.15) is 10.4 Å². The van der Waals surface area contributed by atoms with Crippen LogP contribution in [0.2, 0.25) is 0 Å². The van der Waals surface area contributed by atoms with E-state index in [4.69, 9.17) is 5.73 Å². The van der Waals surface area contributed by atoms with Crippen LogP contribution in [-0.2, 0) is 0 Å². The summed E-state index contributed by atoms with van der Waals surface area (Å²) < 4.78 is 29.9. The minimum atomic E-state index is -2.69. The van der Waals surface area contributed by atoms with Gasteiger partial charge in [0, 0.05) is 48.9 Å². The van der Waals surface area contributed by atoms with E-state index in [1.807, 2.05) is 17.0 Å². The van der Waals surface area contributed by atoms with Crippen molar-refractivity contribution in [3.05, 3.63) is 59.7 Å². The number of hydrogen-bond acceptors (Lipinski definition) is 6. The zero-order chi connectivity index (χ0) is 25.4. The Morgan fingerprint density at radius 3 is 2.67 bits per heavy atom. The number of alkyl halides is 2. The van der Waals surface area contributed by atoms with E-state index in [-0.39, 0.29) is 49.2 Å². The maximum atomic E-state index is 14.0. The van der Waals surface area contributed by atoms with Gasteiger partial charge in [0.15, 0.2) is 0 Å². The smallest absolute Gasteiger partial charge is 0.252 e. The number of carbonyl (C=O) groups is 1. The molecule has 0 aromatic carbocycles. The lowest BCUT2D eigenvalue weighted by Gasteiger charge is -2.47. The maximum Gasteiger partial charge on any atom is 0.252 e. The second-order valence-corrected chi connectivity index (χ2v) is 9.91. The molecule has 2 aliphatic rings. The van der Waals surface area contributed by atoms with Crippen LogP contribution in [0.4, 0.5) is 14.5 Å². The lowest BCUT2D eigenvalue weighted by molar-refractivity contribution is -0.0393. The Bertz CT molecular complexity index is 1310. The average Bonchev–Trinajstić information content (AvgIpc) is 3.28. The summed E-state index contributed by atoms with van der Waals surface area (Å²) in [6.07, 6.45) is 5.58. The number of aliphatic hydroxyl groups excluding tert-OH is 1. The molecule has 0 spiro atoms. The molecule has 0 aliphatic heterocycles. The Morgan fingerprint density at radius 1 is 1.17 bits per heavy atom. The van der Waals surface area contributed by atoms with Crippen molar-refractivity contribution in [3.63, 3.8) is 0 Å². The summed E-state index contributed by atoms with van der Waals surface area (Å²) in [5.41, 5.74) is 8.64. The summed E-state index contributed by atoms with van der Waals surface area (Å²) in [7, 11) is 0. The van der Waals surface area contributed by atoms with Crippen molar-refractivity contribution >= 4 is 17.1 Å². The minimum absolute atomic E-state index is 0.0620. The monoisotopic (exact) mass is 494 g/mol. The first-order chi connectivity index (χ1) is 17.3. The number of primary amides is 1. The van der Waals surface area contributed by atoms with Crippen LogP contribution < -0.4 is 10.6 Å². The minimum Gasteiger partial charge on any atom is -0.393 e. The number of anilines is 1. The van der Waals surface area contributed by atoms with Gasteiger partial charge in [-0.3, -0.25) is 9.78 Å². The molecule has 8 nitrogen and oxygen atoms in total. The van der Waals surface area contributed by atoms with Gasteiger partial charge in [0.05, 0.1) is 34.6 Å². The second-order valence-electron chi connectivity index (χ2n) is 9.91. The van der Waals surface area contributed by atoms with Crippen molar-refractivity contribution < 1.29 is 18.7 Å². The Kier molecular flexibility index (Phi) is 6.35. The molecule has 3 aromatic rings. The average molecular weight is 495 g/mol. The molecule has 1 unspecified atom stereocenters. The fourth-order valence-corrected chi connectivity index (χ4v) is 5.92. The van der Waals surface area contributed by atoms with Gasteiger partial charge in [-0.05, 0) is 56.4 Å². The molecule has 3 heterocycles. The summed E-state index contributed by atoms with van der Waals surface area (Å²) in [6, 6.07) is 8.99. The molecule has 0 radical (unpaired) electrons. The highest BCUT2D eigenvalue weighted by Crippen LogP contribution is 2.43. The third-order valence-corrected chi connectivity index (χ3v) is 7.55. The number of rotatable bonds is 5. The highest BCUT2D eigenvalue weighted by atomic mass is 19.3. The topological polar surface area (TPSA) is 121 Å². The molecular formula is C26H28F2N6O2. The van der Waals surface area contributed by atoms with Crippen LogP contribution in [0.1, 0.15) is 72.5 Å². The van der Waals surface area contributed by atoms with Crippen LogP contribution >= 0.6 is 0 Å². The third kappa shape index (κ3) is 4.63. The van der Waals surface area contributed by atoms with Crippen LogP contribution in [0.15, 0.2) is 42.9 Å². The Morgan fingerprint density at radius 2 is 1.94 bits per heavy atom. The molecule has 36 heavy (non-hydrogen) atoms. The molecule has 1 amide bonds. The summed E-state index contributed by atoms with van der Waals surface area (Å²) in [5.74, 6) is -3.39. The van der Waals surface area contributed by atoms with Gasteiger partial charge in [0.25, 0.3) is 5.91 Å². The van der Waals surface area contributed by atoms with E-state index in [9.17, 15) is 23.9 Å². The highest BCUT2D eigenvalue weighted by Gasteiger charge is 2.42. The predicted octanol–water partition coefficient (Wildman–Crippen LogP) is 3.78. The van der Waals surface area contributed by atoms with Gasteiger partial charge in [-0.1, -0.05) is 0 Å². The summed E-state index contributed by atoms with van der Waals surface area (Å²) in [4.78, 5) is 18.4. The summed E-state index contributed by atoms with van der Waals surface area (Å²) in [5, 5.41) is 24.6. The lowest BCUT2D eigenvalue weighted by Crippen LogP contribution is -2.50. The molecule has 3 atom stereocenters. The van der Waals surface area contributed by atoms with E-state index < -0.39 is 17.9 Å². The molecule has 188 valence electrons. The van der Waals surface area contributed by atoms with Gasteiger partial charge >= 0.3 is 0 Å². The van der Waals surface area contributed by atoms with E-state index in [2.05, 4.69) is 16.2 Å². The van der Waals surface area contributed by atoms with Gasteiger partial charge in [0.1, 0.15) is 6.07 Å². The van der Waals surface area contributed by atoms with Crippen LogP contribution in [-0.4, -0.2) is 49.7 Å². The molecule has 0 bridgehead atoms. The number of hydrogen-bond donors (Lipinski definition) is 2. The molecule has 10 heteroatoms. The van der Waals surface area contributed by atoms with Gasteiger partial charge in [0.2, 0.25) is 5.92 Å². The van der Waals surface area contributed by atoms with Crippen molar-refractivity contribution in [1.82, 2.24) is 14.6 Å². The van der Waals surface area contributed by atoms with Crippen LogP contribution in [0.3, 0.4) is 0 Å². The Balaban J connectivity index is 1.52. The number of halogens is 2. The molecule has 3 aromatic heterocycles. The SMILES string of the molecule is N#Cc1cnn2c(C3C[C@@H](O)C[C@@H](N(c4ccncc4C(N)=O)C4CCC(F)(F)CC4)C3)ccc2c1. The van der Waals surface area contributed by atoms with Crippen molar-refractivity contribution in [2.45, 2.75) is 75.0 Å². The van der Waals surface area contributed by atoms with Gasteiger partial charge in [-0.25, -0.2) is 13.3 Å². The fraction of sp³-hybridized carbons (Fsp3) is 0.462. The first-order valence-corrected chi connectivity index (χ1v) is 12.2. The molecule has 0 saturated heterocycles. The third-order valence-electron chi connectivity index (χ3n) is 7.55. The number of pyridine rings is 1. The molecule has 2 aliphatic carbocycles. The number of nitriles is 1. The van der Waals surface area contributed by atoms with E-state index in [1.165, 1.54) is 12.4 Å². The summed E-state index contributed by atoms with van der Waals surface area (Å²) >= 11 is 0. The van der Waals surface area contributed by atoms with E-state index >= 15 is 0 Å². The second kappa shape index (κ2) is 9.47. The number of nitrogens with two attached hydrogens (primary N) is 1. The number of fused-ring (bicyclic) bond motifs is 1. The quantitative estimate of drug-likeness (QED) is 0.557. The first kappa shape index (κ1) is 24.1. The largest absolute Gasteiger partial charge is 0.393 e. The van der Waals surface area contributed by atoms with E-state index in [0.717, 1.165) is 11.2 Å². The molecule has 3 N–H and O–H groups in total. The zero-order valence-electron chi connectivity index (χ0n) is 19.7. The Labute approximate surface area is 207 Å². The van der Waals surface area contributed by atoms with E-state index in [0.29, 0.717) is 30.5 Å². The predicted molar refractivity (Wildman–Crippen MR) is 129 cm³/mol. The van der Waals surface area contributed by atoms with Crippen molar-refractivity contribution in [1.29, 1.82) is 5.26 Å². The number of nitrogens with zero attached hydrogens (tertiary/aromatic N) is 5. The highest BCUT2D eigenvalue weighted by molar-refractivity contribution is 5.98. The Hall–Kier alpha value is -3.58. The standard InChI is InChI=1S/C26H28F2N6O2/c27-26(28)6-3-18(4-7-26)33(24-5-8-31-15-22(24)25(30)36)20-10-17(11-21(35)12-20)23-2-1-19-9-16(13-29)14-32-34(19)23/h1-2,5,8-9,14-15,17-18,20-21,35H,3-4,6-7,10-12H2,(H2,30,36)/t17?,20-,21+/m0/s1. The molecule has 5 rings (SSSR count). The van der Waals surface area contributed by atoms with Crippen LogP contribution in [0.5, 0.6) is 0 Å². The summed E-state index contributed by atoms with van der Waals surface area (Å²) in [6.45, 7) is 0. The van der Waals surface area contributed by atoms with E-state index in [1.54, 1.807) is 22.8 Å². The number of amides is 1. The van der Waals surface area contributed by atoms with Gasteiger partial charge in [-0.15, -0.1) is 0 Å². The maximum absolute atomic E-state index is 14.0. The van der Waals surface area contributed by atoms with Crippen molar-refractivity contribution in [2.24, 2.45) is 5.73 Å². The lowest BCUT2D eigenvalue weighted by atomic mass is 9.79. The van der Waals surface area contributed by atoms with Crippen LogP contribution in [0, 0.1) is 11.3 Å². The van der Waals surface area contributed by atoms with Gasteiger partial charge < -0.3 is 15.7 Å². The van der Waals surface area contributed by atoms with Crippen LogP contribution in [0.25, 0.3) is 5.52 Å². The molecule has 2 saturated carbocycles. The first-order valence-electron chi connectivity index (χ1n) is 12.2. The molecule has 2 fully saturated rings. The van der Waals surface area contributed by atoms with Crippen molar-refractivity contribution in [3.8, 4) is 6.07 Å². The normalized spacial score (nSPS) is 24.3. The zero-order valence-corrected chi connectivity index (χ0v) is 19.7. The van der Waals surface area contributed by atoms with Crippen molar-refractivity contribution in [2.75, 3.05) is 4.90 Å². The molecular weight excluding hydrogens is 466 g/mol. The number of carbonyl (C=O) groups excluding carboxylic acids is 1. The number of aromatic nitrogens is 3.